The van der Waals surface area contributed by atoms with Crippen molar-refractivity contribution in [2.45, 2.75) is 19.3 Å². The first-order chi connectivity index (χ1) is 16.6. The minimum Gasteiger partial charge on any atom is -0.497 e. The maximum atomic E-state index is 12.1. The van der Waals surface area contributed by atoms with Crippen LogP contribution in [0.1, 0.15) is 24.0 Å². The Bertz CT molecular complexity index is 1050. The van der Waals surface area contributed by atoms with Crippen molar-refractivity contribution >= 4 is 12.0 Å². The average molecular weight is 463 g/mol. The van der Waals surface area contributed by atoms with E-state index in [0.717, 1.165) is 54.2 Å². The molecular weight excluding hydrogens is 428 g/mol. The fourth-order valence-electron chi connectivity index (χ4n) is 3.62. The molecule has 0 aliphatic rings. The molecule has 0 bridgehead atoms. The summed E-state index contributed by atoms with van der Waals surface area (Å²) in [6, 6.07) is 14.0. The molecule has 7 heteroatoms. The van der Waals surface area contributed by atoms with E-state index in [1.54, 1.807) is 26.7 Å². The lowest BCUT2D eigenvalue weighted by molar-refractivity contribution is -0.120. The number of carbonyl (C=O) groups is 1. The summed E-state index contributed by atoms with van der Waals surface area (Å²) in [5.41, 5.74) is 3.25. The number of hydrogen-bond acceptors (Lipinski definition) is 5. The smallest absolute Gasteiger partial charge is 0.223 e. The topological polar surface area (TPSA) is 68.6 Å². The number of carbonyl (C=O) groups excluding carboxylic acids is 1. The predicted octanol–water partition coefficient (Wildman–Crippen LogP) is 3.97. The van der Waals surface area contributed by atoms with Crippen molar-refractivity contribution in [3.63, 3.8) is 0 Å². The normalized spacial score (nSPS) is 11.2. The number of imidazole rings is 1. The summed E-state index contributed by atoms with van der Waals surface area (Å²) in [7, 11) is 5.45. The SMILES string of the molecule is COc1ccc(OC)c(CCN(C)CCCNC(=O)CC=Cc2ccc(-n3ccnc3)cc2)c1. The van der Waals surface area contributed by atoms with Gasteiger partial charge >= 0.3 is 0 Å². The van der Waals surface area contributed by atoms with Crippen LogP contribution >= 0.6 is 0 Å². The van der Waals surface area contributed by atoms with E-state index < -0.39 is 0 Å². The van der Waals surface area contributed by atoms with Gasteiger partial charge in [-0.1, -0.05) is 24.3 Å². The monoisotopic (exact) mass is 462 g/mol. The minimum absolute atomic E-state index is 0.0371. The molecule has 1 heterocycles. The zero-order chi connectivity index (χ0) is 24.2. The molecule has 0 atom stereocenters. The molecule has 7 nitrogen and oxygen atoms in total. The van der Waals surface area contributed by atoms with E-state index in [9.17, 15) is 4.79 Å². The maximum absolute atomic E-state index is 12.1. The van der Waals surface area contributed by atoms with Crippen LogP contribution in [0.4, 0.5) is 0 Å². The molecule has 1 aromatic heterocycles. The molecule has 0 saturated carbocycles. The molecule has 0 saturated heterocycles. The van der Waals surface area contributed by atoms with Gasteiger partial charge in [0, 0.05) is 37.6 Å². The molecule has 0 aliphatic heterocycles. The summed E-state index contributed by atoms with van der Waals surface area (Å²) >= 11 is 0. The first-order valence-corrected chi connectivity index (χ1v) is 11.5. The van der Waals surface area contributed by atoms with Gasteiger partial charge in [0.25, 0.3) is 0 Å². The van der Waals surface area contributed by atoms with Gasteiger partial charge in [-0.25, -0.2) is 4.98 Å². The first-order valence-electron chi connectivity index (χ1n) is 11.5. The van der Waals surface area contributed by atoms with Crippen LogP contribution in [0.2, 0.25) is 0 Å². The van der Waals surface area contributed by atoms with Crippen LogP contribution in [0.5, 0.6) is 11.5 Å². The number of nitrogens with one attached hydrogen (secondary N) is 1. The van der Waals surface area contributed by atoms with Crippen LogP contribution in [-0.4, -0.2) is 61.3 Å². The maximum Gasteiger partial charge on any atom is 0.223 e. The van der Waals surface area contributed by atoms with Crippen molar-refractivity contribution in [3.05, 3.63) is 78.4 Å². The highest BCUT2D eigenvalue weighted by Gasteiger charge is 2.07. The van der Waals surface area contributed by atoms with E-state index in [1.807, 2.05) is 65.4 Å². The van der Waals surface area contributed by atoms with Gasteiger partial charge in [-0.3, -0.25) is 4.79 Å². The highest BCUT2D eigenvalue weighted by molar-refractivity contribution is 5.78. The van der Waals surface area contributed by atoms with Gasteiger partial charge in [0.1, 0.15) is 11.5 Å². The average Bonchev–Trinajstić information content (AvgIpc) is 3.40. The molecule has 34 heavy (non-hydrogen) atoms. The standard InChI is InChI=1S/C27H34N4O3/c1-30(18-14-23-20-25(33-2)12-13-26(23)34-3)17-5-15-29-27(32)7-4-6-22-8-10-24(11-9-22)31-19-16-28-21-31/h4,6,8-13,16,19-21H,5,7,14-15,17-18H2,1-3H3,(H,29,32). The summed E-state index contributed by atoms with van der Waals surface area (Å²) in [6.45, 7) is 2.48. The highest BCUT2D eigenvalue weighted by atomic mass is 16.5. The molecule has 0 aliphatic carbocycles. The first kappa shape index (κ1) is 25.1. The Labute approximate surface area is 202 Å². The third kappa shape index (κ3) is 7.78. The van der Waals surface area contributed by atoms with E-state index in [4.69, 9.17) is 9.47 Å². The summed E-state index contributed by atoms with van der Waals surface area (Å²) in [4.78, 5) is 18.4. The molecule has 0 fully saturated rings. The Morgan fingerprint density at radius 2 is 1.94 bits per heavy atom. The molecular formula is C27H34N4O3. The molecule has 3 rings (SSSR count). The second-order valence-corrected chi connectivity index (χ2v) is 8.10. The minimum atomic E-state index is 0.0371. The Morgan fingerprint density at radius 1 is 1.12 bits per heavy atom. The number of methoxy groups -OCH3 is 2. The fraction of sp³-hybridized carbons (Fsp3) is 0.333. The van der Waals surface area contributed by atoms with Gasteiger partial charge < -0.3 is 24.3 Å². The number of amides is 1. The van der Waals surface area contributed by atoms with Crippen molar-refractivity contribution in [1.82, 2.24) is 19.8 Å². The Kier molecular flexibility index (Phi) is 9.73. The molecule has 0 radical (unpaired) electrons. The lowest BCUT2D eigenvalue weighted by Crippen LogP contribution is -2.28. The highest BCUT2D eigenvalue weighted by Crippen LogP contribution is 2.24. The quantitative estimate of drug-likeness (QED) is 0.389. The molecule has 3 aromatic rings. The molecule has 0 spiro atoms. The summed E-state index contributed by atoms with van der Waals surface area (Å²) in [6.07, 6.45) is 11.4. The second-order valence-electron chi connectivity index (χ2n) is 8.10. The number of aromatic nitrogens is 2. The van der Waals surface area contributed by atoms with Crippen LogP contribution < -0.4 is 14.8 Å². The number of benzene rings is 2. The number of rotatable bonds is 13. The second kappa shape index (κ2) is 13.2. The Balaban J connectivity index is 1.31. The fourth-order valence-corrected chi connectivity index (χ4v) is 3.62. The number of hydrogen-bond donors (Lipinski definition) is 1. The zero-order valence-electron chi connectivity index (χ0n) is 20.2. The van der Waals surface area contributed by atoms with Crippen molar-refractivity contribution in [1.29, 1.82) is 0 Å². The number of ether oxygens (including phenoxy) is 2. The lowest BCUT2D eigenvalue weighted by Gasteiger charge is -2.18. The van der Waals surface area contributed by atoms with Crippen LogP contribution in [-0.2, 0) is 11.2 Å². The van der Waals surface area contributed by atoms with Gasteiger partial charge in [0.15, 0.2) is 0 Å². The lowest BCUT2D eigenvalue weighted by atomic mass is 10.1. The van der Waals surface area contributed by atoms with Crippen LogP contribution in [0.3, 0.4) is 0 Å². The largest absolute Gasteiger partial charge is 0.497 e. The van der Waals surface area contributed by atoms with E-state index in [0.29, 0.717) is 13.0 Å². The van der Waals surface area contributed by atoms with Crippen molar-refractivity contribution in [3.8, 4) is 17.2 Å². The molecule has 1 N–H and O–H groups in total. The predicted molar refractivity (Wildman–Crippen MR) is 136 cm³/mol. The molecule has 0 unspecified atom stereocenters. The van der Waals surface area contributed by atoms with Crippen molar-refractivity contribution in [2.75, 3.05) is 40.9 Å². The molecule has 2 aromatic carbocycles. The van der Waals surface area contributed by atoms with E-state index in [-0.39, 0.29) is 5.91 Å². The molecule has 180 valence electrons. The van der Waals surface area contributed by atoms with Crippen LogP contribution in [0.15, 0.2) is 67.3 Å². The van der Waals surface area contributed by atoms with Crippen molar-refractivity contribution < 1.29 is 14.3 Å². The third-order valence-corrected chi connectivity index (χ3v) is 5.60. The zero-order valence-corrected chi connectivity index (χ0v) is 20.2. The number of likely N-dealkylation sites (N-methyl/N-ethyl adjacent to an activating group) is 1. The summed E-state index contributed by atoms with van der Waals surface area (Å²) in [5.74, 6) is 1.75. The van der Waals surface area contributed by atoms with Crippen LogP contribution in [0.25, 0.3) is 11.8 Å². The van der Waals surface area contributed by atoms with Crippen molar-refractivity contribution in [2.24, 2.45) is 0 Å². The third-order valence-electron chi connectivity index (χ3n) is 5.60. The molecule has 1 amide bonds. The van der Waals surface area contributed by atoms with Gasteiger partial charge in [0.2, 0.25) is 5.91 Å². The van der Waals surface area contributed by atoms with Gasteiger partial charge in [0.05, 0.1) is 20.5 Å². The van der Waals surface area contributed by atoms with E-state index in [2.05, 4.69) is 22.2 Å². The van der Waals surface area contributed by atoms with E-state index in [1.165, 1.54) is 0 Å². The van der Waals surface area contributed by atoms with Crippen LogP contribution in [0, 0.1) is 0 Å². The Hall–Kier alpha value is -3.58. The van der Waals surface area contributed by atoms with E-state index >= 15 is 0 Å². The Morgan fingerprint density at radius 3 is 2.65 bits per heavy atom. The summed E-state index contributed by atoms with van der Waals surface area (Å²) in [5, 5.41) is 3.00. The number of nitrogens with zero attached hydrogens (tertiary/aromatic N) is 3. The van der Waals surface area contributed by atoms with Gasteiger partial charge in [-0.15, -0.1) is 0 Å². The van der Waals surface area contributed by atoms with Gasteiger partial charge in [-0.05, 0) is 67.9 Å². The van der Waals surface area contributed by atoms with Gasteiger partial charge in [-0.2, -0.15) is 0 Å². The summed E-state index contributed by atoms with van der Waals surface area (Å²) < 4.78 is 12.7.